The first-order valence-electron chi connectivity index (χ1n) is 13.1. The maximum atomic E-state index is 12.6. The van der Waals surface area contributed by atoms with Gasteiger partial charge in [0.05, 0.1) is 6.54 Å². The number of likely N-dealkylation sites (tertiary alicyclic amines) is 1. The van der Waals surface area contributed by atoms with Crippen molar-refractivity contribution < 1.29 is 19.1 Å². The van der Waals surface area contributed by atoms with Gasteiger partial charge >= 0.3 is 5.97 Å². The van der Waals surface area contributed by atoms with Gasteiger partial charge in [0.1, 0.15) is 11.9 Å². The van der Waals surface area contributed by atoms with Gasteiger partial charge in [-0.3, -0.25) is 24.2 Å². The van der Waals surface area contributed by atoms with Crippen LogP contribution < -0.4 is 4.90 Å². The second kappa shape index (κ2) is 14.6. The van der Waals surface area contributed by atoms with E-state index in [0.717, 1.165) is 57.7 Å². The van der Waals surface area contributed by atoms with Gasteiger partial charge in [-0.1, -0.05) is 37.8 Å². The summed E-state index contributed by atoms with van der Waals surface area (Å²) in [7, 11) is 0. The summed E-state index contributed by atoms with van der Waals surface area (Å²) in [5, 5.41) is 0. The molecule has 0 spiro atoms. The van der Waals surface area contributed by atoms with Gasteiger partial charge in [-0.15, -0.1) is 6.58 Å². The number of ether oxygens (including phenoxy) is 1. The molecule has 8 nitrogen and oxygen atoms in total. The van der Waals surface area contributed by atoms with Crippen molar-refractivity contribution in [2.45, 2.75) is 70.3 Å². The third kappa shape index (κ3) is 9.09. The van der Waals surface area contributed by atoms with Crippen LogP contribution in [0.3, 0.4) is 0 Å². The van der Waals surface area contributed by atoms with Crippen LogP contribution in [0.1, 0.15) is 64.2 Å². The molecule has 0 aliphatic carbocycles. The Balaban J connectivity index is 1.45. The molecular weight excluding hydrogens is 444 g/mol. The van der Waals surface area contributed by atoms with Crippen molar-refractivity contribution in [1.82, 2.24) is 14.8 Å². The number of amides is 2. The van der Waals surface area contributed by atoms with E-state index in [-0.39, 0.29) is 37.2 Å². The van der Waals surface area contributed by atoms with Crippen LogP contribution in [0.5, 0.6) is 0 Å². The number of allylic oxidation sites excluding steroid dienone is 1. The second-order valence-corrected chi connectivity index (χ2v) is 9.43. The fourth-order valence-electron chi connectivity index (χ4n) is 4.66. The number of pyridine rings is 1. The van der Waals surface area contributed by atoms with E-state index in [1.807, 2.05) is 24.3 Å². The van der Waals surface area contributed by atoms with Crippen molar-refractivity contribution in [1.29, 1.82) is 0 Å². The van der Waals surface area contributed by atoms with Gasteiger partial charge in [-0.2, -0.15) is 0 Å². The van der Waals surface area contributed by atoms with Gasteiger partial charge in [0.25, 0.3) is 0 Å². The highest BCUT2D eigenvalue weighted by Gasteiger charge is 2.33. The molecule has 1 aromatic rings. The molecule has 2 aliphatic heterocycles. The quantitative estimate of drug-likeness (QED) is 0.163. The number of carbonyl (C=O) groups excluding carboxylic acids is 3. The Kier molecular flexibility index (Phi) is 11.2. The van der Waals surface area contributed by atoms with Crippen LogP contribution in [0.15, 0.2) is 37.1 Å². The highest BCUT2D eigenvalue weighted by molar-refractivity contribution is 6.01. The molecule has 192 valence electrons. The van der Waals surface area contributed by atoms with Gasteiger partial charge in [-0.05, 0) is 31.4 Å². The lowest BCUT2D eigenvalue weighted by Crippen LogP contribution is -2.51. The van der Waals surface area contributed by atoms with Gasteiger partial charge in [0.2, 0.25) is 11.8 Å². The molecule has 1 atom stereocenters. The number of nitrogens with zero attached hydrogens (tertiary/aromatic N) is 4. The third-order valence-electron chi connectivity index (χ3n) is 6.69. The molecule has 1 aromatic heterocycles. The molecule has 35 heavy (non-hydrogen) atoms. The maximum Gasteiger partial charge on any atom is 0.306 e. The number of aromatic nitrogens is 1. The summed E-state index contributed by atoms with van der Waals surface area (Å²) in [6, 6.07) is 5.90. The Morgan fingerprint density at radius 1 is 0.971 bits per heavy atom. The minimum Gasteiger partial charge on any atom is -0.459 e. The van der Waals surface area contributed by atoms with E-state index in [1.165, 1.54) is 24.2 Å². The van der Waals surface area contributed by atoms with Crippen molar-refractivity contribution in [3.63, 3.8) is 0 Å². The van der Waals surface area contributed by atoms with Crippen molar-refractivity contribution in [2.24, 2.45) is 0 Å². The molecule has 0 aromatic carbocycles. The SMILES string of the molecule is C=CCCCCCCCCC(=O)OC(CN1CCN(c2ccccn2)CC1)CN1C(=O)CCC1=O. The maximum absolute atomic E-state index is 12.6. The van der Waals surface area contributed by atoms with Crippen LogP contribution in [0, 0.1) is 0 Å². The number of unbranched alkanes of at least 4 members (excludes halogenated alkanes) is 6. The first-order valence-corrected chi connectivity index (χ1v) is 13.1. The number of hydrogen-bond acceptors (Lipinski definition) is 7. The lowest BCUT2D eigenvalue weighted by Gasteiger charge is -2.37. The highest BCUT2D eigenvalue weighted by Crippen LogP contribution is 2.17. The number of carbonyl (C=O) groups is 3. The van der Waals surface area contributed by atoms with Gasteiger partial charge < -0.3 is 9.64 Å². The number of esters is 1. The molecule has 3 rings (SSSR count). The molecular formula is C27H40N4O4. The first kappa shape index (κ1) is 26.9. The zero-order valence-corrected chi connectivity index (χ0v) is 20.9. The van der Waals surface area contributed by atoms with Crippen LogP contribution in [-0.2, 0) is 19.1 Å². The van der Waals surface area contributed by atoms with E-state index < -0.39 is 6.10 Å². The number of hydrogen-bond donors (Lipinski definition) is 0. The van der Waals surface area contributed by atoms with E-state index in [0.29, 0.717) is 13.0 Å². The summed E-state index contributed by atoms with van der Waals surface area (Å²) >= 11 is 0. The third-order valence-corrected chi connectivity index (χ3v) is 6.69. The minimum atomic E-state index is -0.506. The monoisotopic (exact) mass is 484 g/mol. The molecule has 2 saturated heterocycles. The fourth-order valence-corrected chi connectivity index (χ4v) is 4.66. The molecule has 8 heteroatoms. The summed E-state index contributed by atoms with van der Waals surface area (Å²) in [5.74, 6) is 0.372. The van der Waals surface area contributed by atoms with Crippen LogP contribution >= 0.6 is 0 Å². The van der Waals surface area contributed by atoms with Crippen LogP contribution in [-0.4, -0.2) is 77.9 Å². The Hall–Kier alpha value is -2.74. The van der Waals surface area contributed by atoms with E-state index in [2.05, 4.69) is 21.4 Å². The Morgan fingerprint density at radius 2 is 1.66 bits per heavy atom. The van der Waals surface area contributed by atoms with Crippen LogP contribution in [0.4, 0.5) is 5.82 Å². The molecule has 0 bridgehead atoms. The lowest BCUT2D eigenvalue weighted by molar-refractivity contribution is -0.155. The van der Waals surface area contributed by atoms with Gasteiger partial charge in [0, 0.05) is 58.2 Å². The van der Waals surface area contributed by atoms with E-state index >= 15 is 0 Å². The van der Waals surface area contributed by atoms with Crippen LogP contribution in [0.25, 0.3) is 0 Å². The molecule has 0 radical (unpaired) electrons. The fraction of sp³-hybridized carbons (Fsp3) is 0.630. The molecule has 0 saturated carbocycles. The van der Waals surface area contributed by atoms with Crippen molar-refractivity contribution in [3.05, 3.63) is 37.1 Å². The average molecular weight is 485 g/mol. The van der Waals surface area contributed by atoms with Crippen molar-refractivity contribution in [3.8, 4) is 0 Å². The van der Waals surface area contributed by atoms with Gasteiger partial charge in [-0.25, -0.2) is 4.98 Å². The summed E-state index contributed by atoms with van der Waals surface area (Å²) in [5.41, 5.74) is 0. The number of anilines is 1. The minimum absolute atomic E-state index is 0.146. The average Bonchev–Trinajstić information content (AvgIpc) is 3.18. The second-order valence-electron chi connectivity index (χ2n) is 9.43. The summed E-state index contributed by atoms with van der Waals surface area (Å²) < 4.78 is 5.82. The first-order chi connectivity index (χ1) is 17.1. The summed E-state index contributed by atoms with van der Waals surface area (Å²) in [6.45, 7) is 7.67. The van der Waals surface area contributed by atoms with Gasteiger partial charge in [0.15, 0.2) is 0 Å². The molecule has 3 heterocycles. The molecule has 2 aliphatic rings. The Morgan fingerprint density at radius 3 is 2.31 bits per heavy atom. The van der Waals surface area contributed by atoms with E-state index in [9.17, 15) is 14.4 Å². The van der Waals surface area contributed by atoms with Crippen LogP contribution in [0.2, 0.25) is 0 Å². The molecule has 2 amide bonds. The smallest absolute Gasteiger partial charge is 0.306 e. The molecule has 1 unspecified atom stereocenters. The number of imide groups is 1. The Labute approximate surface area is 209 Å². The zero-order chi connectivity index (χ0) is 24.9. The van der Waals surface area contributed by atoms with E-state index in [1.54, 1.807) is 6.20 Å². The molecule has 0 N–H and O–H groups in total. The summed E-state index contributed by atoms with van der Waals surface area (Å²) in [6.07, 6.45) is 11.6. The number of piperazine rings is 1. The van der Waals surface area contributed by atoms with E-state index in [4.69, 9.17) is 4.74 Å². The van der Waals surface area contributed by atoms with Crippen molar-refractivity contribution >= 4 is 23.6 Å². The van der Waals surface area contributed by atoms with Crippen molar-refractivity contribution in [2.75, 3.05) is 44.2 Å². The molecule has 2 fully saturated rings. The predicted octanol–water partition coefficient (Wildman–Crippen LogP) is 3.57. The zero-order valence-electron chi connectivity index (χ0n) is 20.9. The largest absolute Gasteiger partial charge is 0.459 e. The number of rotatable bonds is 15. The lowest BCUT2D eigenvalue weighted by atomic mass is 10.1. The Bertz CT molecular complexity index is 808. The predicted molar refractivity (Wildman–Crippen MR) is 136 cm³/mol. The highest BCUT2D eigenvalue weighted by atomic mass is 16.5. The normalized spacial score (nSPS) is 17.6. The topological polar surface area (TPSA) is 83.1 Å². The summed E-state index contributed by atoms with van der Waals surface area (Å²) in [4.78, 5) is 47.1. The standard InChI is InChI=1S/C27H40N4O4/c1-2-3-4-5-6-7-8-9-13-27(34)35-23(22-31-25(32)14-15-26(31)33)21-29-17-19-30(20-18-29)24-12-10-11-16-28-24/h2,10-12,16,23H,1,3-9,13-15,17-22H2.